The van der Waals surface area contributed by atoms with Crippen molar-refractivity contribution in [3.05, 3.63) is 21.9 Å². The molecule has 2 heterocycles. The first-order valence-electron chi connectivity index (χ1n) is 10.3. The number of nitrogens with two attached hydrogens (primary N) is 1. The number of nitrogens with zero attached hydrogens (tertiary/aromatic N) is 3. The van der Waals surface area contributed by atoms with Crippen molar-refractivity contribution in [1.29, 1.82) is 0 Å². The molecular weight excluding hydrogens is 406 g/mol. The predicted molar refractivity (Wildman–Crippen MR) is 109 cm³/mol. The molecule has 27 heavy (non-hydrogen) atoms. The molecule has 3 aliphatic carbocycles. The Balaban J connectivity index is 1.65. The molecule has 3 aliphatic rings. The number of aliphatic hydroxyl groups is 1. The molecule has 4 N–H and O–H groups in total. The molecule has 0 aliphatic heterocycles. The first kappa shape index (κ1) is 17.9. The summed E-state index contributed by atoms with van der Waals surface area (Å²) in [5, 5.41) is 18.1. The summed E-state index contributed by atoms with van der Waals surface area (Å²) in [7, 11) is 0. The first-order chi connectivity index (χ1) is 13.1. The Morgan fingerprint density at radius 2 is 2.15 bits per heavy atom. The van der Waals surface area contributed by atoms with E-state index in [-0.39, 0.29) is 12.0 Å². The zero-order valence-corrected chi connectivity index (χ0v) is 17.2. The Morgan fingerprint density at radius 1 is 1.33 bits per heavy atom. The Bertz CT molecular complexity index is 860. The van der Waals surface area contributed by atoms with Gasteiger partial charge in [-0.3, -0.25) is 0 Å². The highest BCUT2D eigenvalue weighted by molar-refractivity contribution is 9.10. The van der Waals surface area contributed by atoms with Crippen molar-refractivity contribution >= 4 is 27.4 Å². The highest BCUT2D eigenvalue weighted by Crippen LogP contribution is 2.55. The van der Waals surface area contributed by atoms with Crippen LogP contribution in [0.3, 0.4) is 0 Å². The van der Waals surface area contributed by atoms with Gasteiger partial charge < -0.3 is 16.2 Å². The van der Waals surface area contributed by atoms with Gasteiger partial charge in [-0.15, -0.1) is 0 Å². The minimum absolute atomic E-state index is 0.131. The number of hydrogen-bond acceptors (Lipinski definition) is 5. The molecule has 1 unspecified atom stereocenters. The summed E-state index contributed by atoms with van der Waals surface area (Å²) in [4.78, 5) is 5.14. The van der Waals surface area contributed by atoms with E-state index in [4.69, 9.17) is 10.7 Å². The third kappa shape index (κ3) is 2.73. The molecule has 2 fully saturated rings. The molecule has 0 saturated heterocycles. The molecule has 0 bridgehead atoms. The highest BCUT2D eigenvalue weighted by atomic mass is 79.9. The monoisotopic (exact) mass is 433 g/mol. The molecule has 7 heteroatoms. The third-order valence-corrected chi connectivity index (χ3v) is 7.75. The van der Waals surface area contributed by atoms with E-state index in [1.165, 1.54) is 36.9 Å². The van der Waals surface area contributed by atoms with E-state index in [0.717, 1.165) is 48.0 Å². The highest BCUT2D eigenvalue weighted by Gasteiger charge is 2.50. The number of halogens is 1. The maximum absolute atomic E-state index is 9.70. The van der Waals surface area contributed by atoms with Crippen LogP contribution >= 0.6 is 15.9 Å². The minimum atomic E-state index is 0.131. The van der Waals surface area contributed by atoms with Crippen LogP contribution in [-0.4, -0.2) is 38.4 Å². The van der Waals surface area contributed by atoms with Crippen molar-refractivity contribution in [1.82, 2.24) is 14.6 Å². The van der Waals surface area contributed by atoms with E-state index >= 15 is 0 Å². The lowest BCUT2D eigenvalue weighted by atomic mass is 9.74. The molecular formula is C20H28BrN5O. The van der Waals surface area contributed by atoms with E-state index in [1.807, 2.05) is 10.7 Å². The fraction of sp³-hybridized carbons (Fsp3) is 0.700. The number of aliphatic hydroxyl groups excluding tert-OH is 1. The lowest BCUT2D eigenvalue weighted by molar-refractivity contribution is 0.204. The average molecular weight is 434 g/mol. The molecule has 1 spiro atoms. The molecule has 3 atom stereocenters. The van der Waals surface area contributed by atoms with Gasteiger partial charge >= 0.3 is 0 Å². The van der Waals surface area contributed by atoms with E-state index in [2.05, 4.69) is 26.3 Å². The van der Waals surface area contributed by atoms with Gasteiger partial charge in [0, 0.05) is 29.7 Å². The number of anilines is 1. The smallest absolute Gasteiger partial charge is 0.171 e. The lowest BCUT2D eigenvalue weighted by Crippen LogP contribution is -2.30. The number of nitrogens with one attached hydrogen (secondary N) is 1. The summed E-state index contributed by atoms with van der Waals surface area (Å²) >= 11 is 3.64. The van der Waals surface area contributed by atoms with Crippen LogP contribution in [0.1, 0.15) is 62.6 Å². The van der Waals surface area contributed by atoms with Gasteiger partial charge in [-0.1, -0.05) is 12.8 Å². The lowest BCUT2D eigenvalue weighted by Gasteiger charge is -2.31. The van der Waals surface area contributed by atoms with Gasteiger partial charge in [0.05, 0.1) is 16.4 Å². The Morgan fingerprint density at radius 3 is 2.85 bits per heavy atom. The molecule has 2 aromatic rings. The fourth-order valence-electron chi connectivity index (χ4n) is 5.91. The van der Waals surface area contributed by atoms with Crippen LogP contribution < -0.4 is 11.1 Å². The van der Waals surface area contributed by atoms with Crippen molar-refractivity contribution < 1.29 is 5.11 Å². The van der Waals surface area contributed by atoms with Gasteiger partial charge in [-0.2, -0.15) is 9.61 Å². The molecule has 0 amide bonds. The third-order valence-electron chi connectivity index (χ3n) is 7.19. The maximum atomic E-state index is 9.70. The Kier molecular flexibility index (Phi) is 4.44. The predicted octanol–water partition coefficient (Wildman–Crippen LogP) is 3.15. The first-order valence-corrected chi connectivity index (χ1v) is 11.1. The minimum Gasteiger partial charge on any atom is -0.396 e. The van der Waals surface area contributed by atoms with Crippen LogP contribution in [0.2, 0.25) is 0 Å². The fourth-order valence-corrected chi connectivity index (χ4v) is 6.26. The standard InChI is InChI=1S/C20H28BrN5O/c21-16-11-23-26-18(24-14-4-3-13(22)10-14)15-9-12(5-8-27)20(6-1-2-7-20)17(15)25-19(16)26/h11-14,24,27H,1-10,22H2/t12?,13-,14-/m0/s1. The van der Waals surface area contributed by atoms with Gasteiger partial charge in [0.25, 0.3) is 0 Å². The Labute approximate surface area is 168 Å². The second kappa shape index (κ2) is 6.71. The summed E-state index contributed by atoms with van der Waals surface area (Å²) < 4.78 is 2.91. The van der Waals surface area contributed by atoms with Gasteiger partial charge in [0.15, 0.2) is 5.65 Å². The number of aromatic nitrogens is 3. The second-order valence-corrected chi connectivity index (χ2v) is 9.56. The van der Waals surface area contributed by atoms with E-state index in [1.54, 1.807) is 0 Å². The summed E-state index contributed by atoms with van der Waals surface area (Å²) in [6, 6.07) is 0.689. The molecule has 6 nitrogen and oxygen atoms in total. The quantitative estimate of drug-likeness (QED) is 0.688. The zero-order valence-electron chi connectivity index (χ0n) is 15.6. The van der Waals surface area contributed by atoms with Crippen molar-refractivity contribution in [3.8, 4) is 0 Å². The molecule has 146 valence electrons. The molecule has 5 rings (SSSR count). The number of fused-ring (bicyclic) bond motifs is 3. The van der Waals surface area contributed by atoms with Crippen molar-refractivity contribution in [2.75, 3.05) is 11.9 Å². The Hall–Kier alpha value is -1.18. The number of hydrogen-bond donors (Lipinski definition) is 3. The maximum Gasteiger partial charge on any atom is 0.171 e. The molecule has 2 aromatic heterocycles. The normalized spacial score (nSPS) is 29.1. The van der Waals surface area contributed by atoms with Crippen LogP contribution in [0.15, 0.2) is 10.7 Å². The average Bonchev–Trinajstić information content (AvgIpc) is 3.41. The summed E-state index contributed by atoms with van der Waals surface area (Å²) in [6.45, 7) is 0.251. The molecule has 0 aromatic carbocycles. The molecule has 0 radical (unpaired) electrons. The van der Waals surface area contributed by atoms with Crippen molar-refractivity contribution in [2.24, 2.45) is 11.7 Å². The van der Waals surface area contributed by atoms with Gasteiger partial charge in [0.2, 0.25) is 0 Å². The largest absolute Gasteiger partial charge is 0.396 e. The zero-order chi connectivity index (χ0) is 18.6. The molecule has 2 saturated carbocycles. The van der Waals surface area contributed by atoms with Gasteiger partial charge in [-0.25, -0.2) is 4.98 Å². The van der Waals surface area contributed by atoms with Crippen LogP contribution in [0.25, 0.3) is 5.65 Å². The SMILES string of the molecule is N[C@H]1CC[C@H](Nc2c3c(nc4c(Br)cnn24)C2(CCCC2)C(CCO)C3)C1. The van der Waals surface area contributed by atoms with Gasteiger partial charge in [-0.05, 0) is 66.8 Å². The van der Waals surface area contributed by atoms with Crippen LogP contribution in [0, 0.1) is 5.92 Å². The van der Waals surface area contributed by atoms with Crippen molar-refractivity contribution in [2.45, 2.75) is 75.3 Å². The van der Waals surface area contributed by atoms with Crippen LogP contribution in [-0.2, 0) is 11.8 Å². The summed E-state index contributed by atoms with van der Waals surface area (Å²) in [5.41, 5.74) is 9.76. The van der Waals surface area contributed by atoms with Gasteiger partial charge in [0.1, 0.15) is 5.82 Å². The van der Waals surface area contributed by atoms with Crippen LogP contribution in [0.5, 0.6) is 0 Å². The van der Waals surface area contributed by atoms with E-state index < -0.39 is 0 Å². The van der Waals surface area contributed by atoms with Crippen LogP contribution in [0.4, 0.5) is 5.82 Å². The topological polar surface area (TPSA) is 88.5 Å². The summed E-state index contributed by atoms with van der Waals surface area (Å²) in [6.07, 6.45) is 11.8. The van der Waals surface area contributed by atoms with E-state index in [9.17, 15) is 5.11 Å². The number of rotatable bonds is 4. The van der Waals surface area contributed by atoms with E-state index in [0.29, 0.717) is 18.0 Å². The van der Waals surface area contributed by atoms with Crippen molar-refractivity contribution in [3.63, 3.8) is 0 Å². The second-order valence-electron chi connectivity index (χ2n) is 8.71. The summed E-state index contributed by atoms with van der Waals surface area (Å²) in [5.74, 6) is 1.58.